The maximum atomic E-state index is 13.6. The zero-order chi connectivity index (χ0) is 13.9. The van der Waals surface area contributed by atoms with Gasteiger partial charge < -0.3 is 14.8 Å². The second-order valence-electron chi connectivity index (χ2n) is 4.30. The fourth-order valence-electron chi connectivity index (χ4n) is 2.02. The van der Waals surface area contributed by atoms with E-state index >= 15 is 0 Å². The molecule has 3 rings (SSSR count). The van der Waals surface area contributed by atoms with E-state index in [0.29, 0.717) is 17.1 Å². The number of nitrogens with one attached hydrogen (secondary N) is 1. The molecule has 5 heteroatoms. The molecule has 2 aromatic carbocycles. The van der Waals surface area contributed by atoms with Crippen molar-refractivity contribution in [2.45, 2.75) is 6.04 Å². The van der Waals surface area contributed by atoms with Gasteiger partial charge in [-0.15, -0.1) is 0 Å². The second-order valence-corrected chi connectivity index (χ2v) is 4.30. The summed E-state index contributed by atoms with van der Waals surface area (Å²) in [4.78, 5) is 0. The van der Waals surface area contributed by atoms with Gasteiger partial charge in [-0.25, -0.2) is 4.39 Å². The summed E-state index contributed by atoms with van der Waals surface area (Å²) in [6.45, 7) is 0.177. The van der Waals surface area contributed by atoms with E-state index in [1.807, 2.05) is 0 Å². The first-order valence-electron chi connectivity index (χ1n) is 6.08. The normalized spacial score (nSPS) is 13.6. The summed E-state index contributed by atoms with van der Waals surface area (Å²) in [5.41, 5.74) is 0.983. The maximum Gasteiger partial charge on any atom is 0.231 e. The van der Waals surface area contributed by atoms with Crippen molar-refractivity contribution < 1.29 is 13.9 Å². The molecule has 0 radical (unpaired) electrons. The van der Waals surface area contributed by atoms with Crippen LogP contribution in [0.3, 0.4) is 0 Å². The standard InChI is InChI=1S/C15H11FN2O2/c16-11-3-1-2-4-12(11)18-13(8-17)10-5-6-14-15(7-10)20-9-19-14/h1-7,13,18H,9H2. The van der Waals surface area contributed by atoms with Crippen LogP contribution in [0.2, 0.25) is 0 Å². The van der Waals surface area contributed by atoms with E-state index in [0.717, 1.165) is 0 Å². The summed E-state index contributed by atoms with van der Waals surface area (Å²) < 4.78 is 24.1. The molecule has 0 spiro atoms. The van der Waals surface area contributed by atoms with Crippen LogP contribution in [0.15, 0.2) is 42.5 Å². The van der Waals surface area contributed by atoms with E-state index < -0.39 is 11.9 Å². The van der Waals surface area contributed by atoms with Gasteiger partial charge >= 0.3 is 0 Å². The Hall–Kier alpha value is -2.74. The fourth-order valence-corrected chi connectivity index (χ4v) is 2.02. The van der Waals surface area contributed by atoms with Crippen molar-refractivity contribution in [3.8, 4) is 17.6 Å². The van der Waals surface area contributed by atoms with Gasteiger partial charge in [0, 0.05) is 0 Å². The first-order chi connectivity index (χ1) is 9.78. The lowest BCUT2D eigenvalue weighted by molar-refractivity contribution is 0.174. The second kappa shape index (κ2) is 5.10. The average Bonchev–Trinajstić information content (AvgIpc) is 2.94. The van der Waals surface area contributed by atoms with Crippen LogP contribution in [-0.2, 0) is 0 Å². The third kappa shape index (κ3) is 2.24. The van der Waals surface area contributed by atoms with E-state index in [4.69, 9.17) is 9.47 Å². The molecule has 0 aliphatic carbocycles. The first kappa shape index (κ1) is 12.3. The number of nitrogens with zero attached hydrogens (tertiary/aromatic N) is 1. The van der Waals surface area contributed by atoms with E-state index in [1.54, 1.807) is 36.4 Å². The molecule has 4 nitrogen and oxygen atoms in total. The van der Waals surface area contributed by atoms with Gasteiger partial charge in [0.2, 0.25) is 6.79 Å². The molecule has 0 bridgehead atoms. The topological polar surface area (TPSA) is 54.3 Å². The molecule has 20 heavy (non-hydrogen) atoms. The number of para-hydroxylation sites is 1. The van der Waals surface area contributed by atoms with Gasteiger partial charge in [-0.3, -0.25) is 0 Å². The number of fused-ring (bicyclic) bond motifs is 1. The van der Waals surface area contributed by atoms with Gasteiger partial charge in [0.05, 0.1) is 11.8 Å². The minimum Gasteiger partial charge on any atom is -0.454 e. The van der Waals surface area contributed by atoms with Crippen molar-refractivity contribution in [3.05, 3.63) is 53.8 Å². The lowest BCUT2D eigenvalue weighted by Gasteiger charge is -2.14. The minimum absolute atomic E-state index is 0.177. The van der Waals surface area contributed by atoms with Crippen LogP contribution in [0.5, 0.6) is 11.5 Å². The lowest BCUT2D eigenvalue weighted by Crippen LogP contribution is -2.09. The fraction of sp³-hybridized carbons (Fsp3) is 0.133. The van der Waals surface area contributed by atoms with Gasteiger partial charge in [0.1, 0.15) is 11.9 Å². The van der Waals surface area contributed by atoms with Crippen molar-refractivity contribution in [1.82, 2.24) is 0 Å². The number of benzene rings is 2. The number of halogens is 1. The van der Waals surface area contributed by atoms with Gasteiger partial charge in [-0.2, -0.15) is 5.26 Å². The highest BCUT2D eigenvalue weighted by molar-refractivity contribution is 5.51. The molecule has 1 atom stereocenters. The largest absolute Gasteiger partial charge is 0.454 e. The third-order valence-electron chi connectivity index (χ3n) is 3.03. The van der Waals surface area contributed by atoms with Gasteiger partial charge in [-0.1, -0.05) is 18.2 Å². The number of anilines is 1. The van der Waals surface area contributed by atoms with Crippen LogP contribution in [-0.4, -0.2) is 6.79 Å². The van der Waals surface area contributed by atoms with E-state index in [2.05, 4.69) is 11.4 Å². The number of nitriles is 1. The van der Waals surface area contributed by atoms with Crippen LogP contribution < -0.4 is 14.8 Å². The zero-order valence-electron chi connectivity index (χ0n) is 10.5. The molecule has 0 saturated heterocycles. The summed E-state index contributed by atoms with van der Waals surface area (Å²) in [5.74, 6) is 0.850. The zero-order valence-corrected chi connectivity index (χ0v) is 10.5. The molecule has 0 aromatic heterocycles. The Kier molecular flexibility index (Phi) is 3.13. The van der Waals surface area contributed by atoms with Crippen molar-refractivity contribution in [3.63, 3.8) is 0 Å². The third-order valence-corrected chi connectivity index (χ3v) is 3.03. The average molecular weight is 270 g/mol. The first-order valence-corrected chi connectivity index (χ1v) is 6.08. The lowest BCUT2D eigenvalue weighted by atomic mass is 10.1. The van der Waals surface area contributed by atoms with Crippen LogP contribution in [0.4, 0.5) is 10.1 Å². The Labute approximate surface area is 115 Å². The van der Waals surface area contributed by atoms with E-state index in [9.17, 15) is 9.65 Å². The highest BCUT2D eigenvalue weighted by atomic mass is 19.1. The molecular formula is C15H11FN2O2. The molecule has 100 valence electrons. The quantitative estimate of drug-likeness (QED) is 0.930. The SMILES string of the molecule is N#CC(Nc1ccccc1F)c1ccc2c(c1)OCO2. The summed E-state index contributed by atoms with van der Waals surface area (Å²) in [7, 11) is 0. The molecule has 0 amide bonds. The highest BCUT2D eigenvalue weighted by Gasteiger charge is 2.18. The number of hydrogen-bond donors (Lipinski definition) is 1. The highest BCUT2D eigenvalue weighted by Crippen LogP contribution is 2.34. The van der Waals surface area contributed by atoms with Gasteiger partial charge in [0.15, 0.2) is 11.5 Å². The molecule has 2 aromatic rings. The Morgan fingerprint density at radius 3 is 2.75 bits per heavy atom. The Morgan fingerprint density at radius 1 is 1.15 bits per heavy atom. The number of hydrogen-bond acceptors (Lipinski definition) is 4. The molecule has 1 N–H and O–H groups in total. The van der Waals surface area contributed by atoms with Gasteiger partial charge in [-0.05, 0) is 29.8 Å². The molecule has 0 fully saturated rings. The summed E-state index contributed by atoms with van der Waals surface area (Å²) in [5, 5.41) is 12.1. The predicted molar refractivity (Wildman–Crippen MR) is 70.9 cm³/mol. The van der Waals surface area contributed by atoms with E-state index in [-0.39, 0.29) is 12.5 Å². The maximum absolute atomic E-state index is 13.6. The van der Waals surface area contributed by atoms with E-state index in [1.165, 1.54) is 6.07 Å². The molecular weight excluding hydrogens is 259 g/mol. The summed E-state index contributed by atoms with van der Waals surface area (Å²) >= 11 is 0. The van der Waals surface area contributed by atoms with Crippen molar-refractivity contribution in [2.75, 3.05) is 12.1 Å². The van der Waals surface area contributed by atoms with Crippen LogP contribution >= 0.6 is 0 Å². The smallest absolute Gasteiger partial charge is 0.231 e. The molecule has 1 heterocycles. The Morgan fingerprint density at radius 2 is 1.95 bits per heavy atom. The van der Waals surface area contributed by atoms with Crippen molar-refractivity contribution in [2.24, 2.45) is 0 Å². The number of rotatable bonds is 3. The molecule has 1 aliphatic rings. The van der Waals surface area contributed by atoms with Crippen molar-refractivity contribution in [1.29, 1.82) is 5.26 Å². The van der Waals surface area contributed by atoms with Gasteiger partial charge in [0.25, 0.3) is 0 Å². The summed E-state index contributed by atoms with van der Waals surface area (Å²) in [6.07, 6.45) is 0. The van der Waals surface area contributed by atoms with Crippen LogP contribution in [0.25, 0.3) is 0 Å². The van der Waals surface area contributed by atoms with Crippen LogP contribution in [0.1, 0.15) is 11.6 Å². The molecule has 1 aliphatic heterocycles. The van der Waals surface area contributed by atoms with Crippen molar-refractivity contribution >= 4 is 5.69 Å². The Balaban J connectivity index is 1.87. The number of ether oxygens (including phenoxy) is 2. The van der Waals surface area contributed by atoms with Crippen LogP contribution in [0, 0.1) is 17.1 Å². The summed E-state index contributed by atoms with van der Waals surface area (Å²) in [6, 6.07) is 12.9. The predicted octanol–water partition coefficient (Wildman–Crippen LogP) is 3.23. The molecule has 1 unspecified atom stereocenters. The monoisotopic (exact) mass is 270 g/mol. The Bertz CT molecular complexity index is 682. The molecule has 0 saturated carbocycles. The minimum atomic E-state index is -0.665.